The van der Waals surface area contributed by atoms with Crippen LogP contribution in [0.5, 0.6) is 0 Å². The number of allylic oxidation sites excluding steroid dienone is 2. The summed E-state index contributed by atoms with van der Waals surface area (Å²) < 4.78 is 0. The van der Waals surface area contributed by atoms with Crippen LogP contribution in [-0.2, 0) is 0 Å². The number of hydrogen-bond donors (Lipinski definition) is 1. The Hall–Kier alpha value is -1.05. The van der Waals surface area contributed by atoms with Crippen LogP contribution in [0, 0.1) is 17.3 Å². The van der Waals surface area contributed by atoms with Gasteiger partial charge >= 0.3 is 0 Å². The lowest BCUT2D eigenvalue weighted by atomic mass is 9.52. The summed E-state index contributed by atoms with van der Waals surface area (Å²) in [5.74, 6) is 1.40. The van der Waals surface area contributed by atoms with E-state index >= 15 is 0 Å². The van der Waals surface area contributed by atoms with Gasteiger partial charge in [-0.2, -0.15) is 0 Å². The first kappa shape index (κ1) is 12.4. The van der Waals surface area contributed by atoms with Crippen molar-refractivity contribution in [3.05, 3.63) is 24.3 Å². The minimum Gasteiger partial charge on any atom is -0.411 e. The van der Waals surface area contributed by atoms with Crippen LogP contribution in [0.15, 0.2) is 29.5 Å². The third-order valence-electron chi connectivity index (χ3n) is 4.73. The van der Waals surface area contributed by atoms with Gasteiger partial charge in [0, 0.05) is 0 Å². The van der Waals surface area contributed by atoms with Gasteiger partial charge in [0.05, 0.1) is 5.71 Å². The first-order valence-electron chi connectivity index (χ1n) is 6.52. The normalized spacial score (nSPS) is 35.5. The highest BCUT2D eigenvalue weighted by Crippen LogP contribution is 2.56. The SMILES string of the molecule is C=C1CC[C@H]2[C@@H](CC2(C)C)C(=C)CC/C1=N/O. The van der Waals surface area contributed by atoms with Gasteiger partial charge in [-0.1, -0.05) is 37.7 Å². The predicted octanol–water partition coefficient (Wildman–Crippen LogP) is 4.17. The molecule has 1 N–H and O–H groups in total. The molecule has 0 aliphatic heterocycles. The summed E-state index contributed by atoms with van der Waals surface area (Å²) in [6.45, 7) is 13.0. The third-order valence-corrected chi connectivity index (χ3v) is 4.73. The zero-order valence-corrected chi connectivity index (χ0v) is 11.0. The van der Waals surface area contributed by atoms with Gasteiger partial charge in [-0.15, -0.1) is 0 Å². The maximum atomic E-state index is 9.00. The summed E-state index contributed by atoms with van der Waals surface area (Å²) in [4.78, 5) is 0. The van der Waals surface area contributed by atoms with E-state index in [-0.39, 0.29) is 0 Å². The van der Waals surface area contributed by atoms with Crippen LogP contribution < -0.4 is 0 Å². The average Bonchev–Trinajstić information content (AvgIpc) is 2.30. The third kappa shape index (κ3) is 2.18. The molecule has 0 spiro atoms. The number of fused-ring (bicyclic) bond motifs is 1. The van der Waals surface area contributed by atoms with Crippen LogP contribution in [0.1, 0.15) is 46.0 Å². The molecule has 2 saturated carbocycles. The van der Waals surface area contributed by atoms with Crippen molar-refractivity contribution in [2.45, 2.75) is 46.0 Å². The summed E-state index contributed by atoms with van der Waals surface area (Å²) in [7, 11) is 0. The Kier molecular flexibility index (Phi) is 3.15. The van der Waals surface area contributed by atoms with E-state index in [0.29, 0.717) is 11.3 Å². The van der Waals surface area contributed by atoms with E-state index in [2.05, 4.69) is 32.2 Å². The Labute approximate surface area is 104 Å². The highest BCUT2D eigenvalue weighted by Gasteiger charge is 2.47. The van der Waals surface area contributed by atoms with Crippen molar-refractivity contribution in [2.75, 3.05) is 0 Å². The summed E-state index contributed by atoms with van der Waals surface area (Å²) in [5.41, 5.74) is 3.55. The molecule has 0 heterocycles. The molecule has 2 nitrogen and oxygen atoms in total. The van der Waals surface area contributed by atoms with Crippen molar-refractivity contribution in [3.63, 3.8) is 0 Å². The first-order chi connectivity index (χ1) is 7.95. The molecule has 17 heavy (non-hydrogen) atoms. The number of nitrogens with zero attached hydrogens (tertiary/aromatic N) is 1. The highest BCUT2D eigenvalue weighted by molar-refractivity contribution is 5.99. The maximum Gasteiger partial charge on any atom is 0.0824 e. The Balaban J connectivity index is 2.17. The topological polar surface area (TPSA) is 32.6 Å². The highest BCUT2D eigenvalue weighted by atomic mass is 16.4. The molecule has 0 radical (unpaired) electrons. The molecular formula is C15H23NO. The molecule has 2 aliphatic carbocycles. The molecule has 0 aromatic carbocycles. The second-order valence-electron chi connectivity index (χ2n) is 6.25. The van der Waals surface area contributed by atoms with Crippen molar-refractivity contribution < 1.29 is 5.21 Å². The van der Waals surface area contributed by atoms with Crippen LogP contribution in [0.25, 0.3) is 0 Å². The molecule has 0 saturated heterocycles. The van der Waals surface area contributed by atoms with Crippen molar-refractivity contribution >= 4 is 5.71 Å². The predicted molar refractivity (Wildman–Crippen MR) is 71.3 cm³/mol. The molecule has 2 heteroatoms. The summed E-state index contributed by atoms with van der Waals surface area (Å²) in [5, 5.41) is 12.4. The molecule has 0 unspecified atom stereocenters. The molecular weight excluding hydrogens is 210 g/mol. The van der Waals surface area contributed by atoms with Gasteiger partial charge in [0.25, 0.3) is 0 Å². The Morgan fingerprint density at radius 2 is 1.94 bits per heavy atom. The van der Waals surface area contributed by atoms with Crippen LogP contribution in [-0.4, -0.2) is 10.9 Å². The summed E-state index contributed by atoms with van der Waals surface area (Å²) in [6, 6.07) is 0. The number of hydrogen-bond acceptors (Lipinski definition) is 2. The van der Waals surface area contributed by atoms with Crippen LogP contribution in [0.3, 0.4) is 0 Å². The van der Waals surface area contributed by atoms with Gasteiger partial charge < -0.3 is 5.21 Å². The molecule has 2 rings (SSSR count). The van der Waals surface area contributed by atoms with E-state index in [1.807, 2.05) is 0 Å². The maximum absolute atomic E-state index is 9.00. The molecule has 0 aromatic rings. The molecule has 0 amide bonds. The smallest absolute Gasteiger partial charge is 0.0824 e. The van der Waals surface area contributed by atoms with Gasteiger partial charge in [-0.25, -0.2) is 0 Å². The first-order valence-corrected chi connectivity index (χ1v) is 6.52. The Bertz CT molecular complexity index is 378. The van der Waals surface area contributed by atoms with Gasteiger partial charge in [-0.3, -0.25) is 0 Å². The van der Waals surface area contributed by atoms with Gasteiger partial charge in [-0.05, 0) is 54.9 Å². The zero-order valence-electron chi connectivity index (χ0n) is 11.0. The monoisotopic (exact) mass is 233 g/mol. The van der Waals surface area contributed by atoms with Crippen LogP contribution in [0.4, 0.5) is 0 Å². The van der Waals surface area contributed by atoms with E-state index in [0.717, 1.165) is 42.9 Å². The van der Waals surface area contributed by atoms with Crippen molar-refractivity contribution in [1.82, 2.24) is 0 Å². The van der Waals surface area contributed by atoms with Gasteiger partial charge in [0.1, 0.15) is 0 Å². The summed E-state index contributed by atoms with van der Waals surface area (Å²) >= 11 is 0. The fourth-order valence-corrected chi connectivity index (χ4v) is 3.50. The minimum absolute atomic E-state index is 0.439. The molecule has 94 valence electrons. The summed E-state index contributed by atoms with van der Waals surface area (Å²) in [6.07, 6.45) is 5.09. The lowest BCUT2D eigenvalue weighted by molar-refractivity contribution is 0.00412. The quantitative estimate of drug-likeness (QED) is 0.380. The molecule has 2 aliphatic rings. The van der Waals surface area contributed by atoms with E-state index < -0.39 is 0 Å². The van der Waals surface area contributed by atoms with Crippen molar-refractivity contribution in [2.24, 2.45) is 22.4 Å². The second-order valence-corrected chi connectivity index (χ2v) is 6.25. The standard InChI is InChI=1S/C15H23NO/c1-10-6-8-14(16-17)11(2)5-7-13-12(10)9-15(13,3)4/h12-13,17H,1-2,5-9H2,3-4H3/b16-14-/t12-,13-/m0/s1. The molecule has 2 atom stereocenters. The lowest BCUT2D eigenvalue weighted by Crippen LogP contribution is -2.44. The molecule has 0 bridgehead atoms. The number of oxime groups is 1. The minimum atomic E-state index is 0.439. The van der Waals surface area contributed by atoms with Crippen LogP contribution >= 0.6 is 0 Å². The van der Waals surface area contributed by atoms with E-state index in [4.69, 9.17) is 5.21 Å². The second kappa shape index (κ2) is 4.32. The zero-order chi connectivity index (χ0) is 12.6. The fraction of sp³-hybridized carbons (Fsp3) is 0.667. The Morgan fingerprint density at radius 3 is 2.53 bits per heavy atom. The van der Waals surface area contributed by atoms with Crippen LogP contribution in [0.2, 0.25) is 0 Å². The molecule has 2 fully saturated rings. The van der Waals surface area contributed by atoms with Crippen molar-refractivity contribution in [3.8, 4) is 0 Å². The molecule has 0 aromatic heterocycles. The Morgan fingerprint density at radius 1 is 1.24 bits per heavy atom. The fourth-order valence-electron chi connectivity index (χ4n) is 3.50. The van der Waals surface area contributed by atoms with E-state index in [9.17, 15) is 0 Å². The van der Waals surface area contributed by atoms with E-state index in [1.54, 1.807) is 0 Å². The van der Waals surface area contributed by atoms with Gasteiger partial charge in [0.15, 0.2) is 0 Å². The number of rotatable bonds is 0. The van der Waals surface area contributed by atoms with Crippen molar-refractivity contribution in [1.29, 1.82) is 0 Å². The van der Waals surface area contributed by atoms with E-state index in [1.165, 1.54) is 12.0 Å². The van der Waals surface area contributed by atoms with Gasteiger partial charge in [0.2, 0.25) is 0 Å². The lowest BCUT2D eigenvalue weighted by Gasteiger charge is -2.53. The largest absolute Gasteiger partial charge is 0.411 e. The average molecular weight is 233 g/mol.